The van der Waals surface area contributed by atoms with Gasteiger partial charge in [-0.05, 0) is 73.9 Å². The molecule has 2 aromatic rings. The number of likely N-dealkylation sites (tertiary alicyclic amines) is 2. The zero-order valence-corrected chi connectivity index (χ0v) is 28.6. The third-order valence-electron chi connectivity index (χ3n) is 10.2. The van der Waals surface area contributed by atoms with Crippen LogP contribution in [0.1, 0.15) is 61.1 Å². The number of halogens is 4. The molecule has 0 radical (unpaired) electrons. The van der Waals surface area contributed by atoms with Gasteiger partial charge in [-0.1, -0.05) is 18.2 Å². The van der Waals surface area contributed by atoms with Gasteiger partial charge in [-0.2, -0.15) is 13.2 Å². The lowest BCUT2D eigenvalue weighted by atomic mass is 9.83. The molecule has 0 N–H and O–H groups in total. The Labute approximate surface area is 285 Å². The van der Waals surface area contributed by atoms with E-state index in [0.717, 1.165) is 11.6 Å². The minimum Gasteiger partial charge on any atom is -0.497 e. The SMILES string of the molecule is CCOC(=O)C1CCN(c2cc(C(F)(F)F)ccc2C2CCN(C(=O)[C@]3(F)CN(CC(=O)N(C)C)C[C@H]3c3ccc(OC)cc3)CC2)CC1. The number of likely N-dealkylation sites (N-methyl/N-ethyl adjacent to an activating group) is 1. The van der Waals surface area contributed by atoms with Crippen LogP contribution in [0.25, 0.3) is 0 Å². The minimum atomic E-state index is -4.52. The van der Waals surface area contributed by atoms with Crippen LogP contribution in [0.2, 0.25) is 0 Å². The molecule has 3 saturated heterocycles. The smallest absolute Gasteiger partial charge is 0.416 e. The molecule has 2 aromatic carbocycles. The van der Waals surface area contributed by atoms with E-state index >= 15 is 4.39 Å². The summed E-state index contributed by atoms with van der Waals surface area (Å²) in [5.74, 6) is -1.75. The molecule has 3 fully saturated rings. The molecule has 0 aromatic heterocycles. The van der Waals surface area contributed by atoms with Crippen molar-refractivity contribution < 1.29 is 41.4 Å². The number of methoxy groups -OCH3 is 1. The van der Waals surface area contributed by atoms with Gasteiger partial charge in [-0.15, -0.1) is 0 Å². The molecule has 9 nitrogen and oxygen atoms in total. The van der Waals surface area contributed by atoms with Crippen LogP contribution in [0.15, 0.2) is 42.5 Å². The third-order valence-corrected chi connectivity index (χ3v) is 10.2. The molecular formula is C36H46F4N4O5. The van der Waals surface area contributed by atoms with Crippen molar-refractivity contribution >= 4 is 23.5 Å². The summed E-state index contributed by atoms with van der Waals surface area (Å²) in [7, 11) is 4.79. The fraction of sp³-hybridized carbons (Fsp3) is 0.583. The third kappa shape index (κ3) is 7.97. The molecule has 268 valence electrons. The van der Waals surface area contributed by atoms with Gasteiger partial charge in [-0.25, -0.2) is 4.39 Å². The molecule has 0 unspecified atom stereocenters. The maximum Gasteiger partial charge on any atom is 0.416 e. The number of carbonyl (C=O) groups excluding carboxylic acids is 3. The van der Waals surface area contributed by atoms with Crippen molar-refractivity contribution in [2.45, 2.75) is 56.3 Å². The van der Waals surface area contributed by atoms with E-state index in [4.69, 9.17) is 9.47 Å². The van der Waals surface area contributed by atoms with E-state index in [9.17, 15) is 27.6 Å². The number of piperidine rings is 2. The minimum absolute atomic E-state index is 0.0194. The quantitative estimate of drug-likeness (QED) is 0.268. The van der Waals surface area contributed by atoms with Gasteiger partial charge < -0.3 is 24.2 Å². The Balaban J connectivity index is 1.33. The van der Waals surface area contributed by atoms with Crippen LogP contribution in [-0.2, 0) is 25.3 Å². The Morgan fingerprint density at radius 3 is 2.18 bits per heavy atom. The van der Waals surface area contributed by atoms with E-state index in [1.54, 1.807) is 50.2 Å². The van der Waals surface area contributed by atoms with Crippen LogP contribution in [0.3, 0.4) is 0 Å². The van der Waals surface area contributed by atoms with Gasteiger partial charge in [0.1, 0.15) is 5.75 Å². The maximum atomic E-state index is 17.2. The van der Waals surface area contributed by atoms with Crippen molar-refractivity contribution in [2.75, 3.05) is 78.5 Å². The Bertz CT molecular complexity index is 1490. The van der Waals surface area contributed by atoms with Crippen LogP contribution in [0.5, 0.6) is 5.75 Å². The fourth-order valence-corrected chi connectivity index (χ4v) is 7.39. The summed E-state index contributed by atoms with van der Waals surface area (Å²) in [5, 5.41) is 0. The van der Waals surface area contributed by atoms with Gasteiger partial charge in [0, 0.05) is 65.0 Å². The second-order valence-electron chi connectivity index (χ2n) is 13.5. The zero-order chi connectivity index (χ0) is 35.5. The molecule has 49 heavy (non-hydrogen) atoms. The number of alkyl halides is 4. The van der Waals surface area contributed by atoms with Crippen LogP contribution < -0.4 is 9.64 Å². The van der Waals surface area contributed by atoms with Crippen molar-refractivity contribution in [3.63, 3.8) is 0 Å². The highest BCUT2D eigenvalue weighted by molar-refractivity contribution is 5.88. The van der Waals surface area contributed by atoms with Crippen LogP contribution >= 0.6 is 0 Å². The summed E-state index contributed by atoms with van der Waals surface area (Å²) in [6.07, 6.45) is -2.65. The molecule has 0 saturated carbocycles. The lowest BCUT2D eigenvalue weighted by Gasteiger charge is -2.39. The lowest BCUT2D eigenvalue weighted by Crippen LogP contribution is -2.52. The second-order valence-corrected chi connectivity index (χ2v) is 13.5. The molecule has 3 aliphatic heterocycles. The van der Waals surface area contributed by atoms with Crippen molar-refractivity contribution in [1.29, 1.82) is 0 Å². The molecule has 3 aliphatic rings. The maximum absolute atomic E-state index is 17.2. The topological polar surface area (TPSA) is 82.6 Å². The summed E-state index contributed by atoms with van der Waals surface area (Å²) in [6.45, 7) is 3.27. The van der Waals surface area contributed by atoms with Gasteiger partial charge in [0.2, 0.25) is 11.6 Å². The first kappa shape index (κ1) is 36.4. The average Bonchev–Trinajstić information content (AvgIpc) is 3.43. The van der Waals surface area contributed by atoms with Gasteiger partial charge >= 0.3 is 12.1 Å². The van der Waals surface area contributed by atoms with E-state index in [1.165, 1.54) is 29.0 Å². The highest BCUT2D eigenvalue weighted by Crippen LogP contribution is 2.44. The predicted octanol–water partition coefficient (Wildman–Crippen LogP) is 5.10. The van der Waals surface area contributed by atoms with E-state index in [-0.39, 0.29) is 63.0 Å². The van der Waals surface area contributed by atoms with Crippen LogP contribution in [-0.4, -0.2) is 112 Å². The largest absolute Gasteiger partial charge is 0.497 e. The van der Waals surface area contributed by atoms with Gasteiger partial charge in [0.25, 0.3) is 5.91 Å². The first-order valence-corrected chi connectivity index (χ1v) is 16.9. The highest BCUT2D eigenvalue weighted by Gasteiger charge is 2.55. The van der Waals surface area contributed by atoms with Gasteiger partial charge in [0.15, 0.2) is 0 Å². The van der Waals surface area contributed by atoms with Crippen molar-refractivity contribution in [2.24, 2.45) is 5.92 Å². The first-order valence-electron chi connectivity index (χ1n) is 16.9. The van der Waals surface area contributed by atoms with E-state index in [1.807, 2.05) is 4.90 Å². The normalized spacial score (nSPS) is 22.7. The standard InChI is InChI=1S/C36H46F4N4O5/c1-5-49-33(46)26-14-16-43(17-15-26)31-20-27(36(38,39)40)8-11-29(31)24-12-18-44(19-13-24)34(47)35(37)23-42(22-32(45)41(2)3)21-30(35)25-6-9-28(48-4)10-7-25/h6-11,20,24,26,30H,5,12-19,21-23H2,1-4H3/t30-,35-/m0/s1. The number of nitrogens with zero attached hydrogens (tertiary/aromatic N) is 4. The fourth-order valence-electron chi connectivity index (χ4n) is 7.39. The molecular weight excluding hydrogens is 644 g/mol. The van der Waals surface area contributed by atoms with Crippen LogP contribution in [0, 0.1) is 5.92 Å². The molecule has 2 amide bonds. The number of rotatable bonds is 9. The number of benzene rings is 2. The summed E-state index contributed by atoms with van der Waals surface area (Å²) in [5.41, 5.74) is -1.15. The Kier molecular flexibility index (Phi) is 11.1. The lowest BCUT2D eigenvalue weighted by molar-refractivity contribution is -0.148. The Morgan fingerprint density at radius 1 is 0.959 bits per heavy atom. The number of esters is 1. The van der Waals surface area contributed by atoms with Crippen molar-refractivity contribution in [3.05, 3.63) is 59.2 Å². The van der Waals surface area contributed by atoms with Crippen LogP contribution in [0.4, 0.5) is 23.2 Å². The Morgan fingerprint density at radius 2 is 1.61 bits per heavy atom. The molecule has 2 atom stereocenters. The van der Waals surface area contributed by atoms with E-state index in [2.05, 4.69) is 0 Å². The zero-order valence-electron chi connectivity index (χ0n) is 28.6. The number of hydrogen-bond donors (Lipinski definition) is 0. The molecule has 0 bridgehead atoms. The number of hydrogen-bond acceptors (Lipinski definition) is 7. The summed E-state index contributed by atoms with van der Waals surface area (Å²) >= 11 is 0. The van der Waals surface area contributed by atoms with Gasteiger partial charge in [0.05, 0.1) is 31.7 Å². The summed E-state index contributed by atoms with van der Waals surface area (Å²) in [4.78, 5) is 45.5. The van der Waals surface area contributed by atoms with E-state index < -0.39 is 29.2 Å². The van der Waals surface area contributed by atoms with Crippen molar-refractivity contribution in [1.82, 2.24) is 14.7 Å². The molecule has 5 rings (SSSR count). The second kappa shape index (κ2) is 14.9. The predicted molar refractivity (Wildman–Crippen MR) is 176 cm³/mol. The van der Waals surface area contributed by atoms with E-state index in [0.29, 0.717) is 55.8 Å². The molecule has 3 heterocycles. The van der Waals surface area contributed by atoms with Gasteiger partial charge in [-0.3, -0.25) is 19.3 Å². The molecule has 0 aliphatic carbocycles. The van der Waals surface area contributed by atoms with Crippen molar-refractivity contribution in [3.8, 4) is 5.75 Å². The summed E-state index contributed by atoms with van der Waals surface area (Å²) in [6, 6.07) is 10.8. The number of carbonyl (C=O) groups is 3. The summed E-state index contributed by atoms with van der Waals surface area (Å²) < 4.78 is 69.1. The number of anilines is 1. The average molecular weight is 691 g/mol. The molecule has 13 heteroatoms. The number of ether oxygens (including phenoxy) is 2. The number of amides is 2. The first-order chi connectivity index (χ1) is 23.2. The Hall–Kier alpha value is -3.87. The highest BCUT2D eigenvalue weighted by atomic mass is 19.4. The molecule has 0 spiro atoms. The monoisotopic (exact) mass is 690 g/mol.